The van der Waals surface area contributed by atoms with Gasteiger partial charge in [-0.05, 0) is 6.08 Å². The number of quaternary nitrogens is 1. The summed E-state index contributed by atoms with van der Waals surface area (Å²) in [5, 5.41) is 9.50. The molecule has 1 amide bonds. The summed E-state index contributed by atoms with van der Waals surface area (Å²) in [6.45, 7) is 4.48. The fraction of sp³-hybridized carbons (Fsp3) is 0.125. The van der Waals surface area contributed by atoms with Crippen LogP contribution < -0.4 is 17.0 Å². The molecule has 0 saturated carbocycles. The second kappa shape index (κ2) is 11.8. The summed E-state index contributed by atoms with van der Waals surface area (Å²) >= 11 is 0. The van der Waals surface area contributed by atoms with Gasteiger partial charge in [0.15, 0.2) is 0 Å². The lowest BCUT2D eigenvalue weighted by Gasteiger charge is -1.85. The van der Waals surface area contributed by atoms with Crippen molar-refractivity contribution in [3.8, 4) is 0 Å². The highest BCUT2D eigenvalue weighted by Crippen LogP contribution is 1.70. The van der Waals surface area contributed by atoms with Crippen LogP contribution in [0.25, 0.3) is 0 Å². The van der Waals surface area contributed by atoms with Gasteiger partial charge in [-0.25, -0.2) is 0 Å². The zero-order chi connectivity index (χ0) is 11.6. The monoisotopic (exact) mass is 218 g/mol. The smallest absolute Gasteiger partial charge is 0.307 e. The summed E-state index contributed by atoms with van der Waals surface area (Å²) in [5.74, 6) is -2.55. The average molecular weight is 218 g/mol. The topological polar surface area (TPSA) is 146 Å². The minimum absolute atomic E-state index is 0. The fourth-order valence-electron chi connectivity index (χ4n) is 0.268. The quantitative estimate of drug-likeness (QED) is 0.348. The van der Waals surface area contributed by atoms with E-state index in [9.17, 15) is 19.5 Å². The van der Waals surface area contributed by atoms with Crippen LogP contribution >= 0.6 is 0 Å². The number of carboxylic acid groups (broad SMARTS) is 1. The van der Waals surface area contributed by atoms with Crippen molar-refractivity contribution < 1.29 is 24.2 Å². The standard InChI is InChI=1S/C4H5NO3.C4H6O2.H3N/c5-3(6)1-2-4(7)8;1-3-6-4(2)5;/h1-2H,(H2,5,6)(H,7,8);3H,1H2,2H3;1H3. The molecule has 0 aliphatic heterocycles. The Morgan fingerprint density at radius 1 is 1.33 bits per heavy atom. The molecular formula is C8H14N2O5. The second-order valence-electron chi connectivity index (χ2n) is 1.83. The maximum absolute atomic E-state index is 9.75. The third kappa shape index (κ3) is 33.6. The van der Waals surface area contributed by atoms with Gasteiger partial charge in [0.2, 0.25) is 5.91 Å². The molecule has 0 radical (unpaired) electrons. The number of rotatable bonds is 3. The van der Waals surface area contributed by atoms with Crippen molar-refractivity contribution >= 4 is 17.8 Å². The third-order valence-corrected chi connectivity index (χ3v) is 0.633. The van der Waals surface area contributed by atoms with Crippen LogP contribution in [0.4, 0.5) is 0 Å². The van der Waals surface area contributed by atoms with Crippen molar-refractivity contribution in [2.75, 3.05) is 0 Å². The molecule has 0 aromatic carbocycles. The minimum Gasteiger partial charge on any atom is -0.545 e. The van der Waals surface area contributed by atoms with Crippen LogP contribution in [-0.4, -0.2) is 17.8 Å². The Kier molecular flexibility index (Phi) is 14.7. The van der Waals surface area contributed by atoms with Gasteiger partial charge in [0.25, 0.3) is 0 Å². The van der Waals surface area contributed by atoms with Crippen LogP contribution in [0.15, 0.2) is 25.0 Å². The lowest BCUT2D eigenvalue weighted by molar-refractivity contribution is -0.297. The van der Waals surface area contributed by atoms with E-state index in [-0.39, 0.29) is 12.1 Å². The van der Waals surface area contributed by atoms with E-state index in [4.69, 9.17) is 0 Å². The first-order valence-electron chi connectivity index (χ1n) is 3.36. The second-order valence-corrected chi connectivity index (χ2v) is 1.83. The van der Waals surface area contributed by atoms with Crippen molar-refractivity contribution in [2.24, 2.45) is 5.73 Å². The number of carbonyl (C=O) groups is 3. The highest BCUT2D eigenvalue weighted by molar-refractivity contribution is 5.92. The Balaban J connectivity index is -0.000000187. The van der Waals surface area contributed by atoms with E-state index < -0.39 is 11.9 Å². The van der Waals surface area contributed by atoms with Crippen molar-refractivity contribution in [3.05, 3.63) is 25.0 Å². The molecule has 86 valence electrons. The van der Waals surface area contributed by atoms with Crippen LogP contribution in [0.5, 0.6) is 0 Å². The van der Waals surface area contributed by atoms with Gasteiger partial charge in [-0.1, -0.05) is 6.58 Å². The lowest BCUT2D eigenvalue weighted by Crippen LogP contribution is -2.20. The number of hydrogen-bond donors (Lipinski definition) is 2. The molecule has 0 saturated heterocycles. The van der Waals surface area contributed by atoms with E-state index in [1.54, 1.807) is 0 Å². The fourth-order valence-corrected chi connectivity index (χ4v) is 0.268. The molecule has 7 heteroatoms. The molecule has 7 nitrogen and oxygen atoms in total. The van der Waals surface area contributed by atoms with Gasteiger partial charge >= 0.3 is 5.97 Å². The Morgan fingerprint density at radius 3 is 1.87 bits per heavy atom. The van der Waals surface area contributed by atoms with Gasteiger partial charge in [-0.3, -0.25) is 9.59 Å². The van der Waals surface area contributed by atoms with Gasteiger partial charge in [-0.2, -0.15) is 0 Å². The van der Waals surface area contributed by atoms with E-state index in [0.717, 1.165) is 12.3 Å². The minimum atomic E-state index is -1.43. The number of esters is 1. The first-order chi connectivity index (χ1) is 6.40. The maximum atomic E-state index is 9.75. The summed E-state index contributed by atoms with van der Waals surface area (Å²) in [4.78, 5) is 29.0. The molecule has 0 aliphatic carbocycles. The third-order valence-electron chi connectivity index (χ3n) is 0.633. The molecule has 0 aliphatic rings. The van der Waals surface area contributed by atoms with Crippen LogP contribution in [0.3, 0.4) is 0 Å². The van der Waals surface area contributed by atoms with Crippen molar-refractivity contribution in [1.82, 2.24) is 6.15 Å². The molecule has 0 atom stereocenters. The van der Waals surface area contributed by atoms with Crippen LogP contribution in [0, 0.1) is 0 Å². The average Bonchev–Trinajstić information content (AvgIpc) is 2.01. The normalized spacial score (nSPS) is 7.80. The van der Waals surface area contributed by atoms with Crippen molar-refractivity contribution in [2.45, 2.75) is 6.92 Å². The lowest BCUT2D eigenvalue weighted by atomic mass is 10.5. The highest BCUT2D eigenvalue weighted by atomic mass is 16.5. The van der Waals surface area contributed by atoms with E-state index in [2.05, 4.69) is 17.0 Å². The first-order valence-corrected chi connectivity index (χ1v) is 3.36. The zero-order valence-corrected chi connectivity index (χ0v) is 8.56. The summed E-state index contributed by atoms with van der Waals surface area (Å²) in [5.41, 5.74) is 4.52. The van der Waals surface area contributed by atoms with Gasteiger partial charge in [0.1, 0.15) is 0 Å². The molecule has 0 heterocycles. The Labute approximate surface area is 86.8 Å². The molecule has 0 bridgehead atoms. The molecule has 0 aromatic heterocycles. The van der Waals surface area contributed by atoms with E-state index in [1.165, 1.54) is 6.92 Å². The highest BCUT2D eigenvalue weighted by Gasteiger charge is 1.79. The summed E-state index contributed by atoms with van der Waals surface area (Å²) in [6.07, 6.45) is 2.39. The van der Waals surface area contributed by atoms with E-state index in [0.29, 0.717) is 6.08 Å². The number of amides is 1. The number of hydrogen-bond acceptors (Lipinski definition) is 5. The van der Waals surface area contributed by atoms with Gasteiger partial charge in [-0.15, -0.1) is 0 Å². The summed E-state index contributed by atoms with van der Waals surface area (Å²) in [7, 11) is 0. The van der Waals surface area contributed by atoms with Gasteiger partial charge < -0.3 is 26.5 Å². The van der Waals surface area contributed by atoms with E-state index in [1.807, 2.05) is 0 Å². The van der Waals surface area contributed by atoms with Gasteiger partial charge in [0, 0.05) is 13.0 Å². The predicted octanol–water partition coefficient (Wildman–Crippen LogP) is -1.15. The number of carbonyl (C=O) groups excluding carboxylic acids is 3. The van der Waals surface area contributed by atoms with Crippen LogP contribution in [0.2, 0.25) is 0 Å². The number of nitrogens with two attached hydrogens (primary N) is 1. The number of primary amides is 1. The molecular weight excluding hydrogens is 204 g/mol. The first kappa shape index (κ1) is 18.6. The number of aliphatic carboxylic acids is 1. The number of carboxylic acids is 1. The van der Waals surface area contributed by atoms with Gasteiger partial charge in [0.05, 0.1) is 12.2 Å². The Hall–Kier alpha value is -2.15. The van der Waals surface area contributed by atoms with Crippen LogP contribution in [0.1, 0.15) is 6.92 Å². The molecule has 0 unspecified atom stereocenters. The van der Waals surface area contributed by atoms with Crippen molar-refractivity contribution in [1.29, 1.82) is 0 Å². The van der Waals surface area contributed by atoms with Crippen molar-refractivity contribution in [3.63, 3.8) is 0 Å². The molecule has 0 rings (SSSR count). The molecule has 15 heavy (non-hydrogen) atoms. The Morgan fingerprint density at radius 2 is 1.80 bits per heavy atom. The number of ether oxygens (including phenoxy) is 1. The molecule has 6 N–H and O–H groups in total. The molecule has 0 aromatic rings. The predicted molar refractivity (Wildman–Crippen MR) is 51.3 cm³/mol. The Bertz CT molecular complexity index is 244. The molecule has 0 fully saturated rings. The summed E-state index contributed by atoms with van der Waals surface area (Å²) < 4.78 is 4.17. The maximum Gasteiger partial charge on any atom is 0.307 e. The zero-order valence-electron chi connectivity index (χ0n) is 8.56. The van der Waals surface area contributed by atoms with Crippen LogP contribution in [-0.2, 0) is 19.1 Å². The summed E-state index contributed by atoms with van der Waals surface area (Å²) in [6, 6.07) is 0. The van der Waals surface area contributed by atoms with E-state index >= 15 is 0 Å². The SMILES string of the molecule is C=COC(C)=O.NC(=O)C=CC(=O)[O-].[NH4+]. The largest absolute Gasteiger partial charge is 0.545 e. The molecule has 0 spiro atoms.